The van der Waals surface area contributed by atoms with Gasteiger partial charge < -0.3 is 5.32 Å². The van der Waals surface area contributed by atoms with Crippen molar-refractivity contribution in [2.45, 2.75) is 0 Å². The smallest absolute Gasteiger partial charge is 0.158 e. The van der Waals surface area contributed by atoms with Gasteiger partial charge in [-0.3, -0.25) is 4.98 Å². The van der Waals surface area contributed by atoms with Gasteiger partial charge in [0.2, 0.25) is 0 Å². The van der Waals surface area contributed by atoms with Gasteiger partial charge in [-0.1, -0.05) is 12.1 Å². The maximum absolute atomic E-state index is 13.1. The van der Waals surface area contributed by atoms with Crippen LogP contribution in [0.25, 0.3) is 16.6 Å². The van der Waals surface area contributed by atoms with Crippen molar-refractivity contribution in [2.75, 3.05) is 5.32 Å². The van der Waals surface area contributed by atoms with Crippen LogP contribution in [0.15, 0.2) is 67.4 Å². The summed E-state index contributed by atoms with van der Waals surface area (Å²) in [6, 6.07) is 12.1. The first kappa shape index (κ1) is 13.4. The van der Waals surface area contributed by atoms with Gasteiger partial charge in [-0.15, -0.1) is 0 Å². The number of anilines is 2. The van der Waals surface area contributed by atoms with Gasteiger partial charge in [-0.2, -0.15) is 5.10 Å². The molecule has 0 aliphatic carbocycles. The van der Waals surface area contributed by atoms with E-state index >= 15 is 0 Å². The minimum Gasteiger partial charge on any atom is -0.338 e. The molecule has 0 spiro atoms. The van der Waals surface area contributed by atoms with Crippen LogP contribution >= 0.6 is 0 Å². The van der Waals surface area contributed by atoms with Crippen molar-refractivity contribution in [1.29, 1.82) is 0 Å². The number of nitrogens with one attached hydrogen (secondary N) is 1. The molecule has 3 aromatic heterocycles. The van der Waals surface area contributed by atoms with Gasteiger partial charge in [0.25, 0.3) is 0 Å². The zero-order valence-electron chi connectivity index (χ0n) is 12.0. The molecule has 4 rings (SSSR count). The van der Waals surface area contributed by atoms with Gasteiger partial charge in [0, 0.05) is 29.8 Å². The molecule has 0 amide bonds. The van der Waals surface area contributed by atoms with Gasteiger partial charge in [-0.25, -0.2) is 13.9 Å². The van der Waals surface area contributed by atoms with Crippen molar-refractivity contribution < 1.29 is 4.39 Å². The molecule has 0 saturated heterocycles. The minimum atomic E-state index is -0.252. The average Bonchev–Trinajstić information content (AvgIpc) is 3.02. The Labute approximate surface area is 131 Å². The molecule has 23 heavy (non-hydrogen) atoms. The van der Waals surface area contributed by atoms with E-state index < -0.39 is 0 Å². The summed E-state index contributed by atoms with van der Waals surface area (Å²) < 4.78 is 14.8. The van der Waals surface area contributed by atoms with Crippen molar-refractivity contribution in [3.8, 4) is 11.1 Å². The number of hydrogen-bond donors (Lipinski definition) is 1. The van der Waals surface area contributed by atoms with Crippen molar-refractivity contribution in [3.05, 3.63) is 73.2 Å². The van der Waals surface area contributed by atoms with E-state index in [2.05, 4.69) is 20.4 Å². The number of benzene rings is 1. The summed E-state index contributed by atoms with van der Waals surface area (Å²) in [4.78, 5) is 8.29. The Morgan fingerprint density at radius 1 is 0.957 bits per heavy atom. The Morgan fingerprint density at radius 3 is 2.52 bits per heavy atom. The third-order valence-corrected chi connectivity index (χ3v) is 3.53. The number of fused-ring (bicyclic) bond motifs is 1. The number of rotatable bonds is 3. The molecule has 3 heterocycles. The lowest BCUT2D eigenvalue weighted by atomic mass is 10.1. The highest BCUT2D eigenvalue weighted by molar-refractivity contribution is 5.79. The topological polar surface area (TPSA) is 55.1 Å². The second kappa shape index (κ2) is 5.49. The van der Waals surface area contributed by atoms with Crippen LogP contribution in [-0.4, -0.2) is 19.6 Å². The molecule has 5 nitrogen and oxygen atoms in total. The van der Waals surface area contributed by atoms with Gasteiger partial charge in [0.15, 0.2) is 5.82 Å². The summed E-state index contributed by atoms with van der Waals surface area (Å²) in [5, 5.41) is 7.48. The first-order chi connectivity index (χ1) is 11.3. The lowest BCUT2D eigenvalue weighted by molar-refractivity contribution is 0.628. The molecule has 1 N–H and O–H groups in total. The molecule has 112 valence electrons. The SMILES string of the molecule is Fc1ccc(-c2cc3c(Nc4ccncc4)ncnn3c2)cc1. The zero-order valence-corrected chi connectivity index (χ0v) is 12.0. The fourth-order valence-corrected chi connectivity index (χ4v) is 2.40. The molecule has 0 fully saturated rings. The summed E-state index contributed by atoms with van der Waals surface area (Å²) in [7, 11) is 0. The second-order valence-electron chi connectivity index (χ2n) is 5.04. The Bertz CT molecular complexity index is 948. The van der Waals surface area contributed by atoms with Crippen molar-refractivity contribution in [3.63, 3.8) is 0 Å². The zero-order chi connectivity index (χ0) is 15.6. The third kappa shape index (κ3) is 2.62. The Hall–Kier alpha value is -3.28. The van der Waals surface area contributed by atoms with Crippen LogP contribution in [0.2, 0.25) is 0 Å². The standard InChI is InChI=1S/C17H12FN5/c18-14-3-1-12(2-4-14)13-9-16-17(20-11-21-23(16)10-13)22-15-5-7-19-8-6-15/h1-11H,(H,19,20,21,22). The quantitative estimate of drug-likeness (QED) is 0.627. The van der Waals surface area contributed by atoms with Crippen molar-refractivity contribution in [2.24, 2.45) is 0 Å². The van der Waals surface area contributed by atoms with Crippen molar-refractivity contribution >= 4 is 17.0 Å². The fraction of sp³-hybridized carbons (Fsp3) is 0. The minimum absolute atomic E-state index is 0.252. The van der Waals surface area contributed by atoms with E-state index in [1.54, 1.807) is 29.0 Å². The summed E-state index contributed by atoms with van der Waals surface area (Å²) in [5.41, 5.74) is 3.60. The molecule has 6 heteroatoms. The molecule has 0 aliphatic rings. The van der Waals surface area contributed by atoms with Gasteiger partial charge in [0.05, 0.1) is 0 Å². The molecule has 4 aromatic rings. The Kier molecular flexibility index (Phi) is 3.20. The van der Waals surface area contributed by atoms with Crippen LogP contribution in [-0.2, 0) is 0 Å². The summed E-state index contributed by atoms with van der Waals surface area (Å²) >= 11 is 0. The number of aromatic nitrogens is 4. The van der Waals surface area contributed by atoms with Crippen LogP contribution in [0.4, 0.5) is 15.9 Å². The highest BCUT2D eigenvalue weighted by Gasteiger charge is 2.08. The van der Waals surface area contributed by atoms with E-state index in [0.29, 0.717) is 5.82 Å². The summed E-state index contributed by atoms with van der Waals surface area (Å²) in [6.45, 7) is 0. The summed E-state index contributed by atoms with van der Waals surface area (Å²) in [6.07, 6.45) is 6.80. The number of hydrogen-bond acceptors (Lipinski definition) is 4. The van der Waals surface area contributed by atoms with E-state index in [1.807, 2.05) is 24.4 Å². The Balaban J connectivity index is 1.77. The molecule has 0 aliphatic heterocycles. The first-order valence-corrected chi connectivity index (χ1v) is 7.06. The van der Waals surface area contributed by atoms with Gasteiger partial charge in [0.1, 0.15) is 17.7 Å². The molecule has 0 atom stereocenters. The van der Waals surface area contributed by atoms with Crippen LogP contribution in [0.3, 0.4) is 0 Å². The molecule has 0 saturated carbocycles. The second-order valence-corrected chi connectivity index (χ2v) is 5.04. The fourth-order valence-electron chi connectivity index (χ4n) is 2.40. The number of pyridine rings is 1. The monoisotopic (exact) mass is 305 g/mol. The average molecular weight is 305 g/mol. The van der Waals surface area contributed by atoms with Crippen LogP contribution in [0.5, 0.6) is 0 Å². The van der Waals surface area contributed by atoms with Crippen LogP contribution < -0.4 is 5.32 Å². The van der Waals surface area contributed by atoms with Crippen molar-refractivity contribution in [1.82, 2.24) is 19.6 Å². The lowest BCUT2D eigenvalue weighted by Crippen LogP contribution is -1.99. The van der Waals surface area contributed by atoms with E-state index in [9.17, 15) is 4.39 Å². The van der Waals surface area contributed by atoms with E-state index in [4.69, 9.17) is 0 Å². The van der Waals surface area contributed by atoms with Gasteiger partial charge in [-0.05, 0) is 35.9 Å². The third-order valence-electron chi connectivity index (χ3n) is 3.53. The predicted molar refractivity (Wildman–Crippen MR) is 85.9 cm³/mol. The lowest BCUT2D eigenvalue weighted by Gasteiger charge is -2.05. The number of nitrogens with zero attached hydrogens (tertiary/aromatic N) is 4. The van der Waals surface area contributed by atoms with Crippen LogP contribution in [0.1, 0.15) is 0 Å². The molecular weight excluding hydrogens is 293 g/mol. The first-order valence-electron chi connectivity index (χ1n) is 7.06. The maximum atomic E-state index is 13.1. The normalized spacial score (nSPS) is 10.8. The van der Waals surface area contributed by atoms with Crippen LogP contribution in [0, 0.1) is 5.82 Å². The van der Waals surface area contributed by atoms with Gasteiger partial charge >= 0.3 is 0 Å². The Morgan fingerprint density at radius 2 is 1.74 bits per heavy atom. The number of halogens is 1. The molecule has 0 radical (unpaired) electrons. The summed E-state index contributed by atoms with van der Waals surface area (Å²) in [5.74, 6) is 0.442. The maximum Gasteiger partial charge on any atom is 0.158 e. The van der Waals surface area contributed by atoms with E-state index in [0.717, 1.165) is 22.3 Å². The van der Waals surface area contributed by atoms with E-state index in [-0.39, 0.29) is 5.82 Å². The molecule has 0 unspecified atom stereocenters. The molecular formula is C17H12FN5. The largest absolute Gasteiger partial charge is 0.338 e. The highest BCUT2D eigenvalue weighted by Crippen LogP contribution is 2.26. The highest BCUT2D eigenvalue weighted by atomic mass is 19.1. The predicted octanol–water partition coefficient (Wildman–Crippen LogP) is 3.67. The molecule has 0 bridgehead atoms. The van der Waals surface area contributed by atoms with E-state index in [1.165, 1.54) is 18.5 Å². The molecule has 1 aromatic carbocycles.